The first-order chi connectivity index (χ1) is 11.9. The highest BCUT2D eigenvalue weighted by Gasteiger charge is 2.39. The Morgan fingerprint density at radius 1 is 1.32 bits per heavy atom. The Labute approximate surface area is 150 Å². The lowest BCUT2D eigenvalue weighted by Gasteiger charge is -2.37. The Morgan fingerprint density at radius 2 is 2.04 bits per heavy atom. The Kier molecular flexibility index (Phi) is 5.12. The van der Waals surface area contributed by atoms with Gasteiger partial charge in [-0.25, -0.2) is 8.42 Å². The number of aromatic amines is 1. The van der Waals surface area contributed by atoms with Gasteiger partial charge in [-0.3, -0.25) is 9.89 Å². The first-order valence-electron chi connectivity index (χ1n) is 7.86. The van der Waals surface area contributed by atoms with Gasteiger partial charge in [-0.1, -0.05) is 11.6 Å². The van der Waals surface area contributed by atoms with Crippen LogP contribution in [0.1, 0.15) is 18.5 Å². The van der Waals surface area contributed by atoms with Gasteiger partial charge >= 0.3 is 5.97 Å². The molecule has 25 heavy (non-hydrogen) atoms. The topological polar surface area (TPSA) is 103 Å². The number of piperidine rings is 1. The summed E-state index contributed by atoms with van der Waals surface area (Å²) in [6, 6.07) is 7.31. The number of sulfonamides is 1. The van der Waals surface area contributed by atoms with E-state index in [0.29, 0.717) is 17.9 Å². The molecule has 1 aromatic carbocycles. The van der Waals surface area contributed by atoms with Gasteiger partial charge in [-0.05, 0) is 43.2 Å². The van der Waals surface area contributed by atoms with Gasteiger partial charge in [0.25, 0.3) is 0 Å². The lowest BCUT2D eigenvalue weighted by Crippen LogP contribution is -2.48. The molecule has 1 fully saturated rings. The van der Waals surface area contributed by atoms with E-state index in [-0.39, 0.29) is 17.9 Å². The smallest absolute Gasteiger partial charge is 0.306 e. The van der Waals surface area contributed by atoms with Crippen LogP contribution in [0.25, 0.3) is 0 Å². The quantitative estimate of drug-likeness (QED) is 0.823. The minimum absolute atomic E-state index is 0.153. The van der Waals surface area contributed by atoms with Crippen molar-refractivity contribution in [1.82, 2.24) is 14.5 Å². The summed E-state index contributed by atoms with van der Waals surface area (Å²) in [4.78, 5) is 11.5. The number of H-pyrrole nitrogens is 1. The van der Waals surface area contributed by atoms with Crippen molar-refractivity contribution in [3.05, 3.63) is 47.2 Å². The minimum Gasteiger partial charge on any atom is -0.481 e. The van der Waals surface area contributed by atoms with E-state index in [4.69, 9.17) is 11.6 Å². The van der Waals surface area contributed by atoms with E-state index in [9.17, 15) is 18.3 Å². The maximum Gasteiger partial charge on any atom is 0.306 e. The Hall–Kier alpha value is -1.90. The van der Waals surface area contributed by atoms with E-state index in [1.807, 2.05) is 0 Å². The lowest BCUT2D eigenvalue weighted by molar-refractivity contribution is -0.143. The maximum absolute atomic E-state index is 13.0. The standard InChI is InChI=1S/C16H18ClN3O4S/c17-12-1-3-15(4-2-12)25(23,24)20-8-6-11(16(21)22)9-14(20)10-13-5-7-18-19-13/h1-5,7,11,14H,6,8-10H2,(H,18,19)(H,21,22). The summed E-state index contributed by atoms with van der Waals surface area (Å²) in [6.07, 6.45) is 2.53. The maximum atomic E-state index is 13.0. The molecule has 0 bridgehead atoms. The molecular weight excluding hydrogens is 366 g/mol. The average molecular weight is 384 g/mol. The van der Waals surface area contributed by atoms with E-state index < -0.39 is 28.0 Å². The molecule has 0 amide bonds. The molecule has 0 saturated carbocycles. The number of rotatable bonds is 5. The molecule has 2 aromatic rings. The Bertz CT molecular complexity index is 837. The fraction of sp³-hybridized carbons (Fsp3) is 0.375. The normalized spacial score (nSPS) is 22.0. The van der Waals surface area contributed by atoms with Crippen molar-refractivity contribution in [2.75, 3.05) is 6.54 Å². The van der Waals surface area contributed by atoms with Crippen LogP contribution in [0, 0.1) is 5.92 Å². The van der Waals surface area contributed by atoms with E-state index in [0.717, 1.165) is 5.69 Å². The number of aromatic nitrogens is 2. The second kappa shape index (κ2) is 7.15. The van der Waals surface area contributed by atoms with Crippen LogP contribution < -0.4 is 0 Å². The van der Waals surface area contributed by atoms with Gasteiger partial charge in [-0.15, -0.1) is 0 Å². The molecule has 0 spiro atoms. The third-order valence-corrected chi connectivity index (χ3v) is 6.66. The molecule has 1 aliphatic rings. The molecule has 1 aliphatic heterocycles. The van der Waals surface area contributed by atoms with Crippen LogP contribution >= 0.6 is 11.6 Å². The van der Waals surface area contributed by atoms with Crippen molar-refractivity contribution in [1.29, 1.82) is 0 Å². The number of nitrogens with zero attached hydrogens (tertiary/aromatic N) is 2. The molecule has 1 saturated heterocycles. The molecule has 1 aromatic heterocycles. The zero-order chi connectivity index (χ0) is 18.0. The Balaban J connectivity index is 1.90. The van der Waals surface area contributed by atoms with Crippen LogP contribution in [0.3, 0.4) is 0 Å². The molecule has 134 valence electrons. The molecule has 2 atom stereocenters. The van der Waals surface area contributed by atoms with Crippen LogP contribution in [0.2, 0.25) is 5.02 Å². The van der Waals surface area contributed by atoms with Gasteiger partial charge in [0.15, 0.2) is 0 Å². The second-order valence-corrected chi connectivity index (χ2v) is 8.40. The second-order valence-electron chi connectivity index (χ2n) is 6.07. The summed E-state index contributed by atoms with van der Waals surface area (Å²) in [5.41, 5.74) is 0.771. The van der Waals surface area contributed by atoms with Crippen LogP contribution in [-0.4, -0.2) is 46.6 Å². The number of benzene rings is 1. The van der Waals surface area contributed by atoms with E-state index in [2.05, 4.69) is 10.2 Å². The molecule has 0 aliphatic carbocycles. The van der Waals surface area contributed by atoms with E-state index >= 15 is 0 Å². The van der Waals surface area contributed by atoms with Crippen molar-refractivity contribution in [3.8, 4) is 0 Å². The SMILES string of the molecule is O=C(O)C1CCN(S(=O)(=O)c2ccc(Cl)cc2)C(Cc2ccn[nH]2)C1. The monoisotopic (exact) mass is 383 g/mol. The number of nitrogens with one attached hydrogen (secondary N) is 1. The highest BCUT2D eigenvalue weighted by molar-refractivity contribution is 7.89. The van der Waals surface area contributed by atoms with E-state index in [1.54, 1.807) is 12.3 Å². The largest absolute Gasteiger partial charge is 0.481 e. The summed E-state index contributed by atoms with van der Waals surface area (Å²) in [7, 11) is -3.73. The molecule has 0 radical (unpaired) electrons. The van der Waals surface area contributed by atoms with Gasteiger partial charge in [0, 0.05) is 35.9 Å². The summed E-state index contributed by atoms with van der Waals surface area (Å²) in [5, 5.41) is 16.5. The van der Waals surface area contributed by atoms with Crippen molar-refractivity contribution >= 4 is 27.6 Å². The van der Waals surface area contributed by atoms with Crippen molar-refractivity contribution in [3.63, 3.8) is 0 Å². The van der Waals surface area contributed by atoms with Gasteiger partial charge in [-0.2, -0.15) is 9.40 Å². The molecule has 9 heteroatoms. The van der Waals surface area contributed by atoms with E-state index in [1.165, 1.54) is 28.6 Å². The van der Waals surface area contributed by atoms with Crippen LogP contribution in [0.4, 0.5) is 0 Å². The third-order valence-electron chi connectivity index (χ3n) is 4.45. The Morgan fingerprint density at radius 3 is 2.64 bits per heavy atom. The van der Waals surface area contributed by atoms with Crippen molar-refractivity contribution in [2.24, 2.45) is 5.92 Å². The zero-order valence-electron chi connectivity index (χ0n) is 13.3. The summed E-state index contributed by atoms with van der Waals surface area (Å²) in [6.45, 7) is 0.167. The number of carboxylic acids is 1. The molecule has 2 N–H and O–H groups in total. The highest BCUT2D eigenvalue weighted by Crippen LogP contribution is 2.31. The summed E-state index contributed by atoms with van der Waals surface area (Å²) in [5.74, 6) is -1.44. The molecule has 2 unspecified atom stereocenters. The van der Waals surface area contributed by atoms with Gasteiger partial charge in [0.1, 0.15) is 0 Å². The van der Waals surface area contributed by atoms with Crippen LogP contribution in [-0.2, 0) is 21.2 Å². The first-order valence-corrected chi connectivity index (χ1v) is 9.68. The van der Waals surface area contributed by atoms with Crippen molar-refractivity contribution < 1.29 is 18.3 Å². The predicted molar refractivity (Wildman–Crippen MR) is 91.8 cm³/mol. The molecule has 3 rings (SSSR count). The first kappa shape index (κ1) is 17.9. The average Bonchev–Trinajstić information content (AvgIpc) is 3.08. The van der Waals surface area contributed by atoms with Gasteiger partial charge < -0.3 is 5.11 Å². The zero-order valence-corrected chi connectivity index (χ0v) is 14.9. The molecule has 7 nitrogen and oxygen atoms in total. The van der Waals surface area contributed by atoms with Crippen LogP contribution in [0.5, 0.6) is 0 Å². The van der Waals surface area contributed by atoms with Crippen LogP contribution in [0.15, 0.2) is 41.4 Å². The molecular formula is C16H18ClN3O4S. The molecule has 2 heterocycles. The third kappa shape index (κ3) is 3.86. The summed E-state index contributed by atoms with van der Waals surface area (Å²) < 4.78 is 27.4. The fourth-order valence-electron chi connectivity index (χ4n) is 3.15. The number of hydrogen-bond acceptors (Lipinski definition) is 4. The number of hydrogen-bond donors (Lipinski definition) is 2. The van der Waals surface area contributed by atoms with Gasteiger partial charge in [0.05, 0.1) is 10.8 Å². The minimum atomic E-state index is -3.73. The fourth-order valence-corrected chi connectivity index (χ4v) is 4.93. The van der Waals surface area contributed by atoms with Gasteiger partial charge in [0.2, 0.25) is 10.0 Å². The predicted octanol–water partition coefficient (Wildman–Crippen LogP) is 2.16. The lowest BCUT2D eigenvalue weighted by atomic mass is 9.90. The van der Waals surface area contributed by atoms with Crippen molar-refractivity contribution in [2.45, 2.75) is 30.2 Å². The number of halogens is 1. The number of aliphatic carboxylic acids is 1. The number of carboxylic acid groups (broad SMARTS) is 1. The number of carbonyl (C=O) groups is 1. The highest BCUT2D eigenvalue weighted by atomic mass is 35.5. The summed E-state index contributed by atoms with van der Waals surface area (Å²) >= 11 is 5.84.